The molecule has 0 spiro atoms. The molecule has 0 unspecified atom stereocenters. The Morgan fingerprint density at radius 2 is 1.74 bits per heavy atom. The van der Waals surface area contributed by atoms with Gasteiger partial charge >= 0.3 is 5.97 Å². The van der Waals surface area contributed by atoms with E-state index in [-0.39, 0.29) is 12.0 Å². The van der Waals surface area contributed by atoms with Crippen LogP contribution in [-0.4, -0.2) is 23.0 Å². The van der Waals surface area contributed by atoms with E-state index in [0.29, 0.717) is 16.7 Å². The molecule has 0 bridgehead atoms. The van der Waals surface area contributed by atoms with Gasteiger partial charge in [0.15, 0.2) is 11.6 Å². The van der Waals surface area contributed by atoms with E-state index in [4.69, 9.17) is 11.6 Å². The fourth-order valence-corrected chi connectivity index (χ4v) is 2.06. The zero-order valence-electron chi connectivity index (χ0n) is 11.7. The van der Waals surface area contributed by atoms with E-state index in [1.807, 2.05) is 0 Å². The molecule has 0 aliphatic rings. The summed E-state index contributed by atoms with van der Waals surface area (Å²) >= 11 is 5.75. The fourth-order valence-electron chi connectivity index (χ4n) is 1.94. The average Bonchev–Trinajstić information content (AvgIpc) is 2.51. The summed E-state index contributed by atoms with van der Waals surface area (Å²) in [6.45, 7) is 0. The van der Waals surface area contributed by atoms with Crippen molar-refractivity contribution in [3.05, 3.63) is 70.2 Å². The first-order chi connectivity index (χ1) is 10.9. The highest BCUT2D eigenvalue weighted by molar-refractivity contribution is 6.30. The number of rotatable bonds is 5. The molecule has 23 heavy (non-hydrogen) atoms. The summed E-state index contributed by atoms with van der Waals surface area (Å²) < 4.78 is 26.0. The number of carboxylic acid groups (broad SMARTS) is 1. The number of nitrogens with one attached hydrogen (secondary N) is 1. The summed E-state index contributed by atoms with van der Waals surface area (Å²) in [7, 11) is 0. The van der Waals surface area contributed by atoms with E-state index in [9.17, 15) is 23.5 Å². The first-order valence-corrected chi connectivity index (χ1v) is 6.98. The molecule has 0 heterocycles. The van der Waals surface area contributed by atoms with Gasteiger partial charge in [-0.2, -0.15) is 0 Å². The molecule has 0 radical (unpaired) electrons. The van der Waals surface area contributed by atoms with E-state index in [1.54, 1.807) is 24.3 Å². The maximum atomic E-state index is 13.1. The number of carbonyl (C=O) groups is 2. The number of hydrogen-bond donors (Lipinski definition) is 2. The minimum Gasteiger partial charge on any atom is -0.480 e. The molecule has 120 valence electrons. The zero-order chi connectivity index (χ0) is 17.0. The van der Waals surface area contributed by atoms with Crippen LogP contribution < -0.4 is 5.32 Å². The molecule has 2 N–H and O–H groups in total. The Morgan fingerprint density at radius 3 is 2.30 bits per heavy atom. The van der Waals surface area contributed by atoms with Gasteiger partial charge in [0.1, 0.15) is 6.04 Å². The van der Waals surface area contributed by atoms with Crippen LogP contribution in [0, 0.1) is 11.6 Å². The van der Waals surface area contributed by atoms with Crippen molar-refractivity contribution in [2.75, 3.05) is 0 Å². The van der Waals surface area contributed by atoms with Crippen LogP contribution in [0.4, 0.5) is 8.78 Å². The van der Waals surface area contributed by atoms with E-state index >= 15 is 0 Å². The molecule has 1 amide bonds. The molecule has 1 atom stereocenters. The minimum absolute atomic E-state index is 0.0297. The van der Waals surface area contributed by atoms with Gasteiger partial charge in [0, 0.05) is 17.0 Å². The van der Waals surface area contributed by atoms with Gasteiger partial charge in [-0.1, -0.05) is 23.7 Å². The average molecular weight is 340 g/mol. The Kier molecular flexibility index (Phi) is 5.28. The van der Waals surface area contributed by atoms with Gasteiger partial charge in [0.2, 0.25) is 0 Å². The maximum Gasteiger partial charge on any atom is 0.326 e. The second-order valence-corrected chi connectivity index (χ2v) is 5.26. The third-order valence-corrected chi connectivity index (χ3v) is 3.39. The molecule has 0 aromatic heterocycles. The molecule has 2 aromatic rings. The third-order valence-electron chi connectivity index (χ3n) is 3.14. The van der Waals surface area contributed by atoms with Gasteiger partial charge in [-0.05, 0) is 35.9 Å². The summed E-state index contributed by atoms with van der Waals surface area (Å²) in [4.78, 5) is 23.3. The van der Waals surface area contributed by atoms with Crippen molar-refractivity contribution in [1.82, 2.24) is 5.32 Å². The van der Waals surface area contributed by atoms with Crippen molar-refractivity contribution < 1.29 is 23.5 Å². The van der Waals surface area contributed by atoms with Crippen molar-refractivity contribution in [2.45, 2.75) is 12.5 Å². The maximum absolute atomic E-state index is 13.1. The molecule has 4 nitrogen and oxygen atoms in total. The van der Waals surface area contributed by atoms with Crippen LogP contribution in [0.1, 0.15) is 15.9 Å². The van der Waals surface area contributed by atoms with Gasteiger partial charge in [-0.25, -0.2) is 13.6 Å². The summed E-state index contributed by atoms with van der Waals surface area (Å²) in [5, 5.41) is 12.0. The summed E-state index contributed by atoms with van der Waals surface area (Å²) in [6, 6.07) is 7.88. The highest BCUT2D eigenvalue weighted by atomic mass is 35.5. The molecule has 0 fully saturated rings. The third kappa shape index (κ3) is 4.50. The molecule has 0 saturated carbocycles. The molecular weight excluding hydrogens is 328 g/mol. The lowest BCUT2D eigenvalue weighted by Gasteiger charge is -2.15. The van der Waals surface area contributed by atoms with Crippen molar-refractivity contribution >= 4 is 23.5 Å². The number of carbonyl (C=O) groups excluding carboxylic acids is 1. The van der Waals surface area contributed by atoms with Gasteiger partial charge in [0.05, 0.1) is 0 Å². The van der Waals surface area contributed by atoms with Crippen molar-refractivity contribution in [3.63, 3.8) is 0 Å². The van der Waals surface area contributed by atoms with Crippen LogP contribution in [0.15, 0.2) is 42.5 Å². The summed E-state index contributed by atoms with van der Waals surface area (Å²) in [5.41, 5.74) is 0.499. The normalized spacial score (nSPS) is 11.8. The molecule has 0 saturated heterocycles. The molecule has 2 aromatic carbocycles. The standard InChI is InChI=1S/C16H12ClF2NO3/c17-11-4-1-9(2-5-11)7-14(16(22)23)20-15(21)10-3-6-12(18)13(19)8-10/h1-6,8,14H,7H2,(H,20,21)(H,22,23)/t14-/m1/s1. The predicted molar refractivity (Wildman–Crippen MR) is 80.4 cm³/mol. The van der Waals surface area contributed by atoms with E-state index in [2.05, 4.69) is 5.32 Å². The number of halogens is 3. The molecular formula is C16H12ClF2NO3. The SMILES string of the molecule is O=C(N[C@H](Cc1ccc(Cl)cc1)C(=O)O)c1ccc(F)c(F)c1. The van der Waals surface area contributed by atoms with E-state index in [0.717, 1.165) is 12.1 Å². The van der Waals surface area contributed by atoms with Crippen molar-refractivity contribution in [1.29, 1.82) is 0 Å². The van der Waals surface area contributed by atoms with Gasteiger partial charge in [-0.3, -0.25) is 4.79 Å². The first-order valence-electron chi connectivity index (χ1n) is 6.60. The molecule has 2 rings (SSSR count). The van der Waals surface area contributed by atoms with Crippen LogP contribution in [-0.2, 0) is 11.2 Å². The molecule has 0 aliphatic heterocycles. The van der Waals surface area contributed by atoms with E-state index in [1.165, 1.54) is 0 Å². The quantitative estimate of drug-likeness (QED) is 0.880. The van der Waals surface area contributed by atoms with Gasteiger partial charge in [-0.15, -0.1) is 0 Å². The lowest BCUT2D eigenvalue weighted by atomic mass is 10.1. The van der Waals surface area contributed by atoms with Crippen molar-refractivity contribution in [3.8, 4) is 0 Å². The number of amides is 1. The van der Waals surface area contributed by atoms with Gasteiger partial charge < -0.3 is 10.4 Å². The lowest BCUT2D eigenvalue weighted by molar-refractivity contribution is -0.139. The van der Waals surface area contributed by atoms with Crippen LogP contribution >= 0.6 is 11.6 Å². The number of aliphatic carboxylic acids is 1. The highest BCUT2D eigenvalue weighted by Gasteiger charge is 2.21. The summed E-state index contributed by atoms with van der Waals surface area (Å²) in [6.07, 6.45) is 0.0297. The van der Waals surface area contributed by atoms with Crippen molar-refractivity contribution in [2.24, 2.45) is 0 Å². The Morgan fingerprint density at radius 1 is 1.09 bits per heavy atom. The smallest absolute Gasteiger partial charge is 0.326 e. The highest BCUT2D eigenvalue weighted by Crippen LogP contribution is 2.12. The van der Waals surface area contributed by atoms with E-state index < -0.39 is 29.6 Å². The Hall–Kier alpha value is -2.47. The summed E-state index contributed by atoms with van der Waals surface area (Å²) in [5.74, 6) is -4.30. The monoisotopic (exact) mass is 339 g/mol. The predicted octanol–water partition coefficient (Wildman–Crippen LogP) is 3.04. The first kappa shape index (κ1) is 16.9. The molecule has 0 aliphatic carbocycles. The van der Waals surface area contributed by atoms with Gasteiger partial charge in [0.25, 0.3) is 5.91 Å². The second-order valence-electron chi connectivity index (χ2n) is 4.82. The topological polar surface area (TPSA) is 66.4 Å². The van der Waals surface area contributed by atoms with Crippen LogP contribution in [0.2, 0.25) is 5.02 Å². The second kappa shape index (κ2) is 7.19. The van der Waals surface area contributed by atoms with Crippen LogP contribution in [0.3, 0.4) is 0 Å². The number of hydrogen-bond acceptors (Lipinski definition) is 2. The van der Waals surface area contributed by atoms with Crippen LogP contribution in [0.25, 0.3) is 0 Å². The number of carboxylic acids is 1. The number of benzene rings is 2. The molecule has 7 heteroatoms. The minimum atomic E-state index is -1.24. The van der Waals surface area contributed by atoms with Crippen LogP contribution in [0.5, 0.6) is 0 Å². The Labute approximate surface area is 135 Å². The Bertz CT molecular complexity index is 735. The zero-order valence-corrected chi connectivity index (χ0v) is 12.5. The fraction of sp³-hybridized carbons (Fsp3) is 0.125. The largest absolute Gasteiger partial charge is 0.480 e. The Balaban J connectivity index is 2.12. The lowest BCUT2D eigenvalue weighted by Crippen LogP contribution is -2.42.